The maximum atomic E-state index is 13.3. The smallest absolute Gasteiger partial charge is 0.306 e. The Morgan fingerprint density at radius 2 is 1.94 bits per heavy atom. The predicted octanol–water partition coefficient (Wildman–Crippen LogP) is 4.62. The zero-order chi connectivity index (χ0) is 24.3. The van der Waals surface area contributed by atoms with Crippen molar-refractivity contribution in [3.8, 4) is 0 Å². The molecule has 0 aromatic heterocycles. The van der Waals surface area contributed by atoms with Crippen molar-refractivity contribution in [2.75, 3.05) is 6.61 Å². The Morgan fingerprint density at radius 3 is 2.61 bits per heavy atom. The summed E-state index contributed by atoms with van der Waals surface area (Å²) in [5.41, 5.74) is -0.454. The predicted molar refractivity (Wildman–Crippen MR) is 127 cm³/mol. The van der Waals surface area contributed by atoms with Gasteiger partial charge in [-0.3, -0.25) is 14.4 Å². The van der Waals surface area contributed by atoms with Gasteiger partial charge in [0.15, 0.2) is 11.6 Å². The number of allylic oxidation sites excluding steroid dienone is 4. The van der Waals surface area contributed by atoms with Crippen LogP contribution < -0.4 is 0 Å². The molecule has 0 heterocycles. The van der Waals surface area contributed by atoms with E-state index in [0.29, 0.717) is 25.7 Å². The molecule has 0 aromatic rings. The molecule has 0 amide bonds. The van der Waals surface area contributed by atoms with Crippen molar-refractivity contribution in [2.24, 2.45) is 34.5 Å². The van der Waals surface area contributed by atoms with E-state index in [9.17, 15) is 19.5 Å². The van der Waals surface area contributed by atoms with Gasteiger partial charge in [0, 0.05) is 17.8 Å². The highest BCUT2D eigenvalue weighted by Gasteiger charge is 2.71. The molecule has 0 aromatic carbocycles. The van der Waals surface area contributed by atoms with Crippen LogP contribution in [0.3, 0.4) is 0 Å². The van der Waals surface area contributed by atoms with Crippen molar-refractivity contribution in [1.82, 2.24) is 0 Å². The van der Waals surface area contributed by atoms with Gasteiger partial charge in [-0.1, -0.05) is 33.8 Å². The Labute approximate surface area is 205 Å². The number of ether oxygens (including phenoxy) is 1. The van der Waals surface area contributed by atoms with Gasteiger partial charge in [0.1, 0.15) is 6.61 Å². The summed E-state index contributed by atoms with van der Waals surface area (Å²) in [5.74, 6) is -0.845. The van der Waals surface area contributed by atoms with Gasteiger partial charge in [-0.2, -0.15) is 0 Å². The second kappa shape index (κ2) is 8.49. The summed E-state index contributed by atoms with van der Waals surface area (Å²) in [6, 6.07) is 0. The van der Waals surface area contributed by atoms with Gasteiger partial charge < -0.3 is 9.84 Å². The lowest BCUT2D eigenvalue weighted by atomic mass is 9.46. The highest BCUT2D eigenvalue weighted by Crippen LogP contribution is 2.71. The van der Waals surface area contributed by atoms with Gasteiger partial charge in [0.05, 0.1) is 16.4 Å². The Hall–Kier alpha value is -1.17. The molecule has 7 heteroatoms. The summed E-state index contributed by atoms with van der Waals surface area (Å²) in [7, 11) is 0. The third-order valence-electron chi connectivity index (χ3n) is 9.14. The second-order valence-corrected chi connectivity index (χ2v) is 12.2. The van der Waals surface area contributed by atoms with Crippen molar-refractivity contribution in [1.29, 1.82) is 0 Å². The highest BCUT2D eigenvalue weighted by molar-refractivity contribution is 6.28. The van der Waals surface area contributed by atoms with E-state index in [1.807, 2.05) is 19.9 Å². The number of aliphatic hydroxyl groups is 1. The third kappa shape index (κ3) is 3.56. The van der Waals surface area contributed by atoms with E-state index in [0.717, 1.165) is 12.0 Å². The number of alkyl halides is 2. The number of aliphatic hydroxyl groups excluding tert-OH is 1. The lowest BCUT2D eigenvalue weighted by Crippen LogP contribution is -2.67. The molecule has 33 heavy (non-hydrogen) atoms. The van der Waals surface area contributed by atoms with Crippen molar-refractivity contribution in [3.63, 3.8) is 0 Å². The number of halogens is 2. The molecule has 9 atom stereocenters. The molecule has 4 aliphatic rings. The number of carbonyl (C=O) groups excluding carboxylic acids is 3. The normalized spacial score (nSPS) is 46.2. The molecule has 0 aliphatic heterocycles. The SMILES string of the molecule is CCCC(=O)OCC(=O)[C@H]1[C@H](C)C[C@H]2[C@@H]3C[C@H](Cl)C4=CC(=O)C=C[C@]4(C)C3(Cl)[C@@H](O)C[C@@]21C. The Kier molecular flexibility index (Phi) is 6.42. The van der Waals surface area contributed by atoms with Crippen LogP contribution in [0.15, 0.2) is 23.8 Å². The molecule has 5 nitrogen and oxygen atoms in total. The van der Waals surface area contributed by atoms with Gasteiger partial charge in [-0.05, 0) is 66.6 Å². The number of hydrogen-bond acceptors (Lipinski definition) is 5. The largest absolute Gasteiger partial charge is 0.458 e. The Balaban J connectivity index is 1.67. The van der Waals surface area contributed by atoms with Crippen molar-refractivity contribution < 1.29 is 24.2 Å². The fraction of sp³-hybridized carbons (Fsp3) is 0.731. The minimum atomic E-state index is -1.02. The van der Waals surface area contributed by atoms with Crippen LogP contribution in [0.25, 0.3) is 0 Å². The summed E-state index contributed by atoms with van der Waals surface area (Å²) in [4.78, 5) is 36.2. The van der Waals surface area contributed by atoms with Gasteiger partial charge >= 0.3 is 5.97 Å². The van der Waals surface area contributed by atoms with Crippen molar-refractivity contribution in [3.05, 3.63) is 23.8 Å². The number of rotatable bonds is 5. The molecule has 182 valence electrons. The minimum absolute atomic E-state index is 0.0746. The zero-order valence-corrected chi connectivity index (χ0v) is 21.3. The van der Waals surface area contributed by atoms with Crippen LogP contribution in [0.4, 0.5) is 0 Å². The second-order valence-electron chi connectivity index (χ2n) is 11.0. The van der Waals surface area contributed by atoms with Gasteiger partial charge in [-0.25, -0.2) is 0 Å². The molecule has 1 unspecified atom stereocenters. The number of Topliss-reactive ketones (excluding diaryl/α,β-unsaturated/α-hetero) is 1. The van der Waals surface area contributed by atoms with Gasteiger partial charge in [-0.15, -0.1) is 23.2 Å². The lowest BCUT2D eigenvalue weighted by Gasteiger charge is -2.64. The summed E-state index contributed by atoms with van der Waals surface area (Å²) < 4.78 is 5.25. The molecular formula is C26H34Cl2O5. The van der Waals surface area contributed by atoms with E-state index in [2.05, 4.69) is 13.8 Å². The van der Waals surface area contributed by atoms with Crippen LogP contribution in [0.2, 0.25) is 0 Å². The zero-order valence-electron chi connectivity index (χ0n) is 19.8. The molecule has 4 aliphatic carbocycles. The molecule has 0 saturated heterocycles. The molecule has 0 spiro atoms. The topological polar surface area (TPSA) is 80.7 Å². The molecule has 4 rings (SSSR count). The first kappa shape index (κ1) is 24.9. The quantitative estimate of drug-likeness (QED) is 0.443. The van der Waals surface area contributed by atoms with Crippen LogP contribution in [0.1, 0.15) is 59.8 Å². The van der Waals surface area contributed by atoms with E-state index < -0.39 is 21.8 Å². The Morgan fingerprint density at radius 1 is 1.24 bits per heavy atom. The van der Waals surface area contributed by atoms with Gasteiger partial charge in [0.2, 0.25) is 0 Å². The average molecular weight is 497 g/mol. The molecule has 0 radical (unpaired) electrons. The van der Waals surface area contributed by atoms with E-state index in [-0.39, 0.29) is 53.2 Å². The van der Waals surface area contributed by atoms with Crippen LogP contribution in [0, 0.1) is 34.5 Å². The summed E-state index contributed by atoms with van der Waals surface area (Å²) in [6.07, 6.45) is 6.72. The number of fused-ring (bicyclic) bond motifs is 5. The average Bonchev–Trinajstić information content (AvgIpc) is 3.00. The van der Waals surface area contributed by atoms with Crippen molar-refractivity contribution >= 4 is 40.7 Å². The van der Waals surface area contributed by atoms with Crippen LogP contribution >= 0.6 is 23.2 Å². The van der Waals surface area contributed by atoms with Gasteiger partial charge in [0.25, 0.3) is 0 Å². The molecule has 3 fully saturated rings. The first-order valence-corrected chi connectivity index (χ1v) is 12.9. The number of esters is 1. The maximum absolute atomic E-state index is 13.3. The fourth-order valence-corrected chi connectivity index (χ4v) is 8.75. The summed E-state index contributed by atoms with van der Waals surface area (Å²) in [5, 5.41) is 11.2. The molecular weight excluding hydrogens is 463 g/mol. The minimum Gasteiger partial charge on any atom is -0.458 e. The monoisotopic (exact) mass is 496 g/mol. The first-order valence-electron chi connectivity index (χ1n) is 12.0. The first-order chi connectivity index (χ1) is 15.4. The fourth-order valence-electron chi connectivity index (χ4n) is 7.77. The molecule has 3 saturated carbocycles. The molecule has 0 bridgehead atoms. The van der Waals surface area contributed by atoms with E-state index in [1.165, 1.54) is 6.08 Å². The third-order valence-corrected chi connectivity index (χ3v) is 10.5. The number of ketones is 2. The van der Waals surface area contributed by atoms with E-state index in [1.54, 1.807) is 6.08 Å². The van der Waals surface area contributed by atoms with Crippen molar-refractivity contribution in [2.45, 2.75) is 76.2 Å². The van der Waals surface area contributed by atoms with E-state index >= 15 is 0 Å². The summed E-state index contributed by atoms with van der Waals surface area (Å²) in [6.45, 7) is 7.78. The van der Waals surface area contributed by atoms with Crippen LogP contribution in [0.5, 0.6) is 0 Å². The van der Waals surface area contributed by atoms with Crippen LogP contribution in [-0.2, 0) is 19.1 Å². The Bertz CT molecular complexity index is 928. The van der Waals surface area contributed by atoms with Crippen LogP contribution in [-0.4, -0.2) is 45.6 Å². The summed E-state index contributed by atoms with van der Waals surface area (Å²) >= 11 is 14.3. The van der Waals surface area contributed by atoms with E-state index in [4.69, 9.17) is 27.9 Å². The molecule has 1 N–H and O–H groups in total. The lowest BCUT2D eigenvalue weighted by molar-refractivity contribution is -0.153. The highest BCUT2D eigenvalue weighted by atomic mass is 35.5. The number of carbonyl (C=O) groups is 3. The number of hydrogen-bond donors (Lipinski definition) is 1. The maximum Gasteiger partial charge on any atom is 0.306 e. The standard InChI is InChI=1S/C26H34Cl2O5/c1-5-6-22(32)33-13-20(30)23-14(2)9-16-17-11-19(27)18-10-15(29)7-8-25(18,4)26(17,28)21(31)12-24(16,23)3/h7-8,10,14,16-17,19,21,23,31H,5-6,9,11-13H2,1-4H3/t14-,16+,17+,19+,21+,23-,24+,25+,26?/m1/s1.